The van der Waals surface area contributed by atoms with Crippen LogP contribution in [0.25, 0.3) is 0 Å². The largest absolute Gasteiger partial charge is 0.477 e. The lowest BCUT2D eigenvalue weighted by atomic mass is 10.2. The molecule has 100 valence electrons. The summed E-state index contributed by atoms with van der Waals surface area (Å²) in [7, 11) is -3.73. The monoisotopic (exact) mass is 272 g/mol. The van der Waals surface area contributed by atoms with Gasteiger partial charge in [0.05, 0.1) is 0 Å². The van der Waals surface area contributed by atoms with E-state index >= 15 is 0 Å². The summed E-state index contributed by atoms with van der Waals surface area (Å²) in [6.45, 7) is 8.40. The molecule has 0 saturated heterocycles. The van der Waals surface area contributed by atoms with Crippen molar-refractivity contribution in [2.24, 2.45) is 0 Å². The van der Waals surface area contributed by atoms with Crippen LogP contribution in [0.15, 0.2) is 17.0 Å². The maximum Gasteiger partial charge on any atom is 0.352 e. The topological polar surface area (TPSA) is 99.3 Å². The van der Waals surface area contributed by atoms with Crippen molar-refractivity contribution in [3.63, 3.8) is 0 Å². The van der Waals surface area contributed by atoms with Gasteiger partial charge in [-0.2, -0.15) is 0 Å². The van der Waals surface area contributed by atoms with Gasteiger partial charge in [-0.05, 0) is 20.8 Å². The molecular formula is C11H16N2O4S. The van der Waals surface area contributed by atoms with E-state index in [-0.39, 0.29) is 22.7 Å². The van der Waals surface area contributed by atoms with Gasteiger partial charge in [-0.25, -0.2) is 17.9 Å². The van der Waals surface area contributed by atoms with E-state index in [2.05, 4.69) is 16.3 Å². The highest BCUT2D eigenvalue weighted by atomic mass is 32.2. The average molecular weight is 272 g/mol. The van der Waals surface area contributed by atoms with E-state index in [9.17, 15) is 13.2 Å². The van der Waals surface area contributed by atoms with Crippen LogP contribution in [0.2, 0.25) is 0 Å². The zero-order chi connectivity index (χ0) is 14.1. The highest BCUT2D eigenvalue weighted by molar-refractivity contribution is 7.89. The first kappa shape index (κ1) is 14.5. The van der Waals surface area contributed by atoms with Gasteiger partial charge in [0, 0.05) is 17.8 Å². The SMILES string of the molecule is C=C(C)CNS(=O)(=O)c1c(C)[nH]c(C(=O)O)c1C. The first-order valence-electron chi connectivity index (χ1n) is 5.23. The van der Waals surface area contributed by atoms with Crippen molar-refractivity contribution in [2.45, 2.75) is 25.7 Å². The molecule has 1 heterocycles. The lowest BCUT2D eigenvalue weighted by Gasteiger charge is -2.07. The van der Waals surface area contributed by atoms with Gasteiger partial charge in [0.1, 0.15) is 10.6 Å². The Bertz CT molecular complexity index is 599. The quantitative estimate of drug-likeness (QED) is 0.701. The molecule has 18 heavy (non-hydrogen) atoms. The van der Waals surface area contributed by atoms with Crippen molar-refractivity contribution >= 4 is 16.0 Å². The molecule has 0 aliphatic rings. The van der Waals surface area contributed by atoms with Crippen LogP contribution in [0.1, 0.15) is 28.7 Å². The molecule has 0 atom stereocenters. The first-order valence-corrected chi connectivity index (χ1v) is 6.71. The molecule has 0 fully saturated rings. The second-order valence-corrected chi connectivity index (χ2v) is 5.87. The summed E-state index contributed by atoms with van der Waals surface area (Å²) < 4.78 is 26.5. The predicted octanol–water partition coefficient (Wildman–Crippen LogP) is 1.18. The lowest BCUT2D eigenvalue weighted by Crippen LogP contribution is -2.26. The Morgan fingerprint density at radius 2 is 2.00 bits per heavy atom. The number of carboxylic acid groups (broad SMARTS) is 1. The van der Waals surface area contributed by atoms with E-state index in [1.807, 2.05) is 0 Å². The Labute approximate surface area is 106 Å². The highest BCUT2D eigenvalue weighted by Crippen LogP contribution is 2.22. The number of H-pyrrole nitrogens is 1. The average Bonchev–Trinajstić information content (AvgIpc) is 2.52. The van der Waals surface area contributed by atoms with Crippen molar-refractivity contribution in [1.82, 2.24) is 9.71 Å². The molecule has 0 bridgehead atoms. The van der Waals surface area contributed by atoms with Crippen molar-refractivity contribution in [3.05, 3.63) is 29.1 Å². The van der Waals surface area contributed by atoms with E-state index in [1.165, 1.54) is 13.8 Å². The second-order valence-electron chi connectivity index (χ2n) is 4.17. The Morgan fingerprint density at radius 1 is 1.44 bits per heavy atom. The molecule has 0 radical (unpaired) electrons. The van der Waals surface area contributed by atoms with Gasteiger partial charge >= 0.3 is 5.97 Å². The molecule has 0 unspecified atom stereocenters. The molecule has 0 aromatic carbocycles. The smallest absolute Gasteiger partial charge is 0.352 e. The first-order chi connectivity index (χ1) is 8.16. The van der Waals surface area contributed by atoms with Gasteiger partial charge in [0.15, 0.2) is 0 Å². The number of carboxylic acids is 1. The van der Waals surface area contributed by atoms with Crippen LogP contribution >= 0.6 is 0 Å². The molecular weight excluding hydrogens is 256 g/mol. The number of carbonyl (C=O) groups is 1. The van der Waals surface area contributed by atoms with Gasteiger partial charge in [0.25, 0.3) is 0 Å². The maximum absolute atomic E-state index is 12.0. The van der Waals surface area contributed by atoms with Gasteiger partial charge in [-0.15, -0.1) is 0 Å². The van der Waals surface area contributed by atoms with E-state index in [0.29, 0.717) is 11.3 Å². The van der Waals surface area contributed by atoms with Gasteiger partial charge in [-0.3, -0.25) is 0 Å². The Balaban J connectivity index is 3.25. The van der Waals surface area contributed by atoms with Crippen LogP contribution in [0.4, 0.5) is 0 Å². The molecule has 0 aliphatic heterocycles. The third kappa shape index (κ3) is 2.80. The number of hydrogen-bond acceptors (Lipinski definition) is 3. The summed E-state index contributed by atoms with van der Waals surface area (Å²) in [6.07, 6.45) is 0. The Morgan fingerprint density at radius 3 is 2.39 bits per heavy atom. The van der Waals surface area contributed by atoms with Gasteiger partial charge < -0.3 is 10.1 Å². The van der Waals surface area contributed by atoms with Crippen molar-refractivity contribution in [2.75, 3.05) is 6.54 Å². The fraction of sp³-hybridized carbons (Fsp3) is 0.364. The van der Waals surface area contributed by atoms with Crippen LogP contribution < -0.4 is 4.72 Å². The number of aromatic carboxylic acids is 1. The standard InChI is InChI=1S/C11H16N2O4S/c1-6(2)5-12-18(16,17)10-7(3)9(11(14)15)13-8(10)4/h12-13H,1,5H2,2-4H3,(H,14,15). The lowest BCUT2D eigenvalue weighted by molar-refractivity contribution is 0.0690. The Kier molecular flexibility index (Phi) is 3.98. The fourth-order valence-corrected chi connectivity index (χ4v) is 3.18. The molecule has 0 amide bonds. The summed E-state index contributed by atoms with van der Waals surface area (Å²) >= 11 is 0. The van der Waals surface area contributed by atoms with E-state index in [0.717, 1.165) is 0 Å². The minimum atomic E-state index is -3.73. The molecule has 0 spiro atoms. The number of nitrogens with one attached hydrogen (secondary N) is 2. The van der Waals surface area contributed by atoms with E-state index in [4.69, 9.17) is 5.11 Å². The minimum Gasteiger partial charge on any atom is -0.477 e. The van der Waals surface area contributed by atoms with Crippen LogP contribution in [0.3, 0.4) is 0 Å². The molecule has 3 N–H and O–H groups in total. The highest BCUT2D eigenvalue weighted by Gasteiger charge is 2.25. The molecule has 0 saturated carbocycles. The van der Waals surface area contributed by atoms with Crippen LogP contribution in [-0.4, -0.2) is 31.0 Å². The molecule has 1 rings (SSSR count). The number of rotatable bonds is 5. The van der Waals surface area contributed by atoms with Gasteiger partial charge in [0.2, 0.25) is 10.0 Å². The van der Waals surface area contributed by atoms with Crippen molar-refractivity contribution in [1.29, 1.82) is 0 Å². The zero-order valence-electron chi connectivity index (χ0n) is 10.5. The van der Waals surface area contributed by atoms with Crippen molar-refractivity contribution in [3.8, 4) is 0 Å². The number of hydrogen-bond donors (Lipinski definition) is 3. The third-order valence-electron chi connectivity index (χ3n) is 2.42. The zero-order valence-corrected chi connectivity index (χ0v) is 11.3. The second kappa shape index (κ2) is 4.95. The Hall–Kier alpha value is -1.60. The van der Waals surface area contributed by atoms with E-state index in [1.54, 1.807) is 6.92 Å². The summed E-state index contributed by atoms with van der Waals surface area (Å²) in [6, 6.07) is 0. The third-order valence-corrected chi connectivity index (χ3v) is 4.09. The van der Waals surface area contributed by atoms with Crippen LogP contribution in [0.5, 0.6) is 0 Å². The minimum absolute atomic E-state index is 0.0128. The van der Waals surface area contributed by atoms with E-state index < -0.39 is 16.0 Å². The van der Waals surface area contributed by atoms with Crippen molar-refractivity contribution < 1.29 is 18.3 Å². The molecule has 1 aromatic heterocycles. The number of aryl methyl sites for hydroxylation is 1. The number of sulfonamides is 1. The van der Waals surface area contributed by atoms with Gasteiger partial charge in [-0.1, -0.05) is 12.2 Å². The summed E-state index contributed by atoms with van der Waals surface area (Å²) in [5, 5.41) is 8.93. The molecule has 7 heteroatoms. The predicted molar refractivity (Wildman–Crippen MR) is 67.2 cm³/mol. The summed E-state index contributed by atoms with van der Waals surface area (Å²) in [5.74, 6) is -1.18. The van der Waals surface area contributed by atoms with Crippen LogP contribution in [-0.2, 0) is 10.0 Å². The number of aromatic nitrogens is 1. The maximum atomic E-state index is 12.0. The fourth-order valence-electron chi connectivity index (χ4n) is 1.64. The molecule has 0 aliphatic carbocycles. The summed E-state index contributed by atoms with van der Waals surface area (Å²) in [4.78, 5) is 13.5. The molecule has 6 nitrogen and oxygen atoms in total. The van der Waals surface area contributed by atoms with Crippen LogP contribution in [0, 0.1) is 13.8 Å². The normalized spacial score (nSPS) is 11.5. The molecule has 1 aromatic rings. The summed E-state index contributed by atoms with van der Waals surface area (Å²) in [5.41, 5.74) is 1.07. The number of aromatic amines is 1.